The summed E-state index contributed by atoms with van der Waals surface area (Å²) < 4.78 is 13.0. The molecule has 0 aliphatic heterocycles. The van der Waals surface area contributed by atoms with E-state index < -0.39 is 24.2 Å². The molecule has 0 bridgehead atoms. The van der Waals surface area contributed by atoms with Crippen molar-refractivity contribution in [1.29, 1.82) is 0 Å². The summed E-state index contributed by atoms with van der Waals surface area (Å²) in [6.07, 6.45) is 0. The normalized spacial score (nSPS) is 9.73. The minimum Gasteiger partial charge on any atom is -0.480 e. The van der Waals surface area contributed by atoms with Gasteiger partial charge in [-0.3, -0.25) is 9.59 Å². The fraction of sp³-hybridized carbons (Fsp3) is 0.111. The van der Waals surface area contributed by atoms with Crippen molar-refractivity contribution < 1.29 is 19.1 Å². The molecule has 0 aliphatic rings. The van der Waals surface area contributed by atoms with Crippen molar-refractivity contribution in [3.8, 4) is 0 Å². The maximum absolute atomic E-state index is 13.0. The molecule has 0 radical (unpaired) electrons. The monoisotopic (exact) mass is 275 g/mol. The molecule has 2 N–H and O–H groups in total. The smallest absolute Gasteiger partial charge is 0.322 e. The molecule has 0 aliphatic carbocycles. The number of carboxylic acid groups (broad SMARTS) is 1. The fourth-order valence-electron chi connectivity index (χ4n) is 0.930. The Morgan fingerprint density at radius 3 is 2.73 bits per heavy atom. The molecule has 80 valence electrons. The van der Waals surface area contributed by atoms with E-state index >= 15 is 0 Å². The van der Waals surface area contributed by atoms with E-state index in [1.807, 2.05) is 0 Å². The minimum absolute atomic E-state index is 0.0212. The third kappa shape index (κ3) is 3.02. The van der Waals surface area contributed by atoms with Crippen LogP contribution >= 0.6 is 15.9 Å². The zero-order chi connectivity index (χ0) is 11.4. The Bertz CT molecular complexity index is 408. The summed E-state index contributed by atoms with van der Waals surface area (Å²) in [7, 11) is 0. The Morgan fingerprint density at radius 1 is 1.47 bits per heavy atom. The highest BCUT2D eigenvalue weighted by Gasteiger charge is 2.13. The SMILES string of the molecule is O=C(O)CNC(=O)c1cccc(F)c1Br. The predicted octanol–water partition coefficient (Wildman–Crippen LogP) is 1.40. The summed E-state index contributed by atoms with van der Waals surface area (Å²) in [5.41, 5.74) is 0.0660. The molecule has 0 fully saturated rings. The van der Waals surface area contributed by atoms with E-state index in [4.69, 9.17) is 5.11 Å². The van der Waals surface area contributed by atoms with Gasteiger partial charge in [0.25, 0.3) is 5.91 Å². The van der Waals surface area contributed by atoms with Gasteiger partial charge in [0, 0.05) is 0 Å². The Morgan fingerprint density at radius 2 is 2.13 bits per heavy atom. The molecule has 0 spiro atoms. The number of carboxylic acids is 1. The second-order valence-electron chi connectivity index (χ2n) is 2.68. The van der Waals surface area contributed by atoms with Crippen molar-refractivity contribution in [3.63, 3.8) is 0 Å². The molecule has 0 saturated heterocycles. The molecular weight excluding hydrogens is 269 g/mol. The maximum Gasteiger partial charge on any atom is 0.322 e. The summed E-state index contributed by atoms with van der Waals surface area (Å²) in [6, 6.07) is 3.96. The molecular formula is C9H7BrFNO3. The molecule has 0 atom stereocenters. The maximum atomic E-state index is 13.0. The highest BCUT2D eigenvalue weighted by molar-refractivity contribution is 9.10. The summed E-state index contributed by atoms with van der Waals surface area (Å²) in [5.74, 6) is -2.36. The molecule has 4 nitrogen and oxygen atoms in total. The quantitative estimate of drug-likeness (QED) is 0.877. The first-order valence-corrected chi connectivity index (χ1v) is 4.75. The molecule has 1 rings (SSSR count). The first kappa shape index (κ1) is 11.6. The molecule has 0 heterocycles. The van der Waals surface area contributed by atoms with Crippen LogP contribution in [0.4, 0.5) is 4.39 Å². The van der Waals surface area contributed by atoms with Crippen molar-refractivity contribution in [3.05, 3.63) is 34.1 Å². The average Bonchev–Trinajstić information content (AvgIpc) is 2.18. The number of carbonyl (C=O) groups is 2. The van der Waals surface area contributed by atoms with Crippen LogP contribution in [0.25, 0.3) is 0 Å². The van der Waals surface area contributed by atoms with Gasteiger partial charge < -0.3 is 10.4 Å². The summed E-state index contributed by atoms with van der Waals surface area (Å²) in [6.45, 7) is -0.498. The lowest BCUT2D eigenvalue weighted by atomic mass is 10.2. The Labute approximate surface area is 93.2 Å². The second kappa shape index (κ2) is 4.88. The summed E-state index contributed by atoms with van der Waals surface area (Å²) >= 11 is 2.90. The van der Waals surface area contributed by atoms with Crippen LogP contribution in [-0.2, 0) is 4.79 Å². The second-order valence-corrected chi connectivity index (χ2v) is 3.47. The molecule has 1 aromatic carbocycles. The number of hydrogen-bond acceptors (Lipinski definition) is 2. The van der Waals surface area contributed by atoms with Crippen molar-refractivity contribution >= 4 is 27.8 Å². The van der Waals surface area contributed by atoms with Crippen LogP contribution in [0.3, 0.4) is 0 Å². The van der Waals surface area contributed by atoms with Gasteiger partial charge in [-0.15, -0.1) is 0 Å². The Kier molecular flexibility index (Phi) is 3.79. The lowest BCUT2D eigenvalue weighted by Gasteiger charge is -2.04. The first-order valence-electron chi connectivity index (χ1n) is 3.96. The molecule has 6 heteroatoms. The topological polar surface area (TPSA) is 66.4 Å². The highest BCUT2D eigenvalue weighted by Crippen LogP contribution is 2.19. The Balaban J connectivity index is 2.82. The number of nitrogens with one attached hydrogen (secondary N) is 1. The number of aliphatic carboxylic acids is 1. The zero-order valence-electron chi connectivity index (χ0n) is 7.46. The zero-order valence-corrected chi connectivity index (χ0v) is 9.04. The average molecular weight is 276 g/mol. The predicted molar refractivity (Wildman–Crippen MR) is 54.1 cm³/mol. The first-order chi connectivity index (χ1) is 7.02. The molecule has 1 aromatic rings. The van der Waals surface area contributed by atoms with Gasteiger partial charge in [0.15, 0.2) is 0 Å². The fourth-order valence-corrected chi connectivity index (χ4v) is 1.37. The van der Waals surface area contributed by atoms with Crippen LogP contribution in [0, 0.1) is 5.82 Å². The van der Waals surface area contributed by atoms with E-state index in [2.05, 4.69) is 21.2 Å². The number of halogens is 2. The van der Waals surface area contributed by atoms with E-state index in [0.717, 1.165) is 0 Å². The number of amides is 1. The van der Waals surface area contributed by atoms with Crippen LogP contribution in [-0.4, -0.2) is 23.5 Å². The van der Waals surface area contributed by atoms with Crippen molar-refractivity contribution in [2.75, 3.05) is 6.54 Å². The van der Waals surface area contributed by atoms with Crippen LogP contribution in [0.1, 0.15) is 10.4 Å². The van der Waals surface area contributed by atoms with Crippen molar-refractivity contribution in [2.45, 2.75) is 0 Å². The van der Waals surface area contributed by atoms with Gasteiger partial charge in [0.05, 0.1) is 10.0 Å². The molecule has 0 unspecified atom stereocenters. The van der Waals surface area contributed by atoms with Crippen LogP contribution in [0.15, 0.2) is 22.7 Å². The number of rotatable bonds is 3. The third-order valence-electron chi connectivity index (χ3n) is 1.60. The largest absolute Gasteiger partial charge is 0.480 e. The van der Waals surface area contributed by atoms with E-state index in [0.29, 0.717) is 0 Å². The molecule has 1 amide bonds. The molecule has 15 heavy (non-hydrogen) atoms. The van der Waals surface area contributed by atoms with E-state index in [9.17, 15) is 14.0 Å². The number of benzene rings is 1. The lowest BCUT2D eigenvalue weighted by molar-refractivity contribution is -0.135. The summed E-state index contributed by atoms with van der Waals surface area (Å²) in [4.78, 5) is 21.5. The lowest BCUT2D eigenvalue weighted by Crippen LogP contribution is -2.29. The highest BCUT2D eigenvalue weighted by atomic mass is 79.9. The molecule has 0 aromatic heterocycles. The van der Waals surface area contributed by atoms with Gasteiger partial charge in [0.2, 0.25) is 0 Å². The van der Waals surface area contributed by atoms with E-state index in [-0.39, 0.29) is 10.0 Å². The number of carbonyl (C=O) groups excluding carboxylic acids is 1. The standard InChI is InChI=1S/C9H7BrFNO3/c10-8-5(2-1-3-6(8)11)9(15)12-4-7(13)14/h1-3H,4H2,(H,12,15)(H,13,14). The van der Waals surface area contributed by atoms with E-state index in [1.165, 1.54) is 18.2 Å². The van der Waals surface area contributed by atoms with Gasteiger partial charge in [0.1, 0.15) is 12.4 Å². The summed E-state index contributed by atoms with van der Waals surface area (Å²) in [5, 5.41) is 10.5. The van der Waals surface area contributed by atoms with Crippen molar-refractivity contribution in [2.24, 2.45) is 0 Å². The van der Waals surface area contributed by atoms with Crippen LogP contribution in [0.5, 0.6) is 0 Å². The van der Waals surface area contributed by atoms with Gasteiger partial charge in [-0.1, -0.05) is 6.07 Å². The van der Waals surface area contributed by atoms with Gasteiger partial charge in [-0.05, 0) is 28.1 Å². The number of hydrogen-bond donors (Lipinski definition) is 2. The van der Waals surface area contributed by atoms with E-state index in [1.54, 1.807) is 0 Å². The van der Waals surface area contributed by atoms with Crippen molar-refractivity contribution in [1.82, 2.24) is 5.32 Å². The minimum atomic E-state index is -1.16. The van der Waals surface area contributed by atoms with Crippen LogP contribution in [0.2, 0.25) is 0 Å². The van der Waals surface area contributed by atoms with Gasteiger partial charge in [-0.2, -0.15) is 0 Å². The molecule has 0 saturated carbocycles. The Hall–Kier alpha value is -1.43. The van der Waals surface area contributed by atoms with Gasteiger partial charge >= 0.3 is 5.97 Å². The van der Waals surface area contributed by atoms with Crippen LogP contribution < -0.4 is 5.32 Å². The van der Waals surface area contributed by atoms with Gasteiger partial charge in [-0.25, -0.2) is 4.39 Å². The third-order valence-corrected chi connectivity index (χ3v) is 2.40.